The Morgan fingerprint density at radius 2 is 2.14 bits per heavy atom. The van der Waals surface area contributed by atoms with Crippen LogP contribution in [0.4, 0.5) is 0 Å². The van der Waals surface area contributed by atoms with E-state index in [1.54, 1.807) is 0 Å². The van der Waals surface area contributed by atoms with Crippen molar-refractivity contribution in [3.8, 4) is 0 Å². The van der Waals surface area contributed by atoms with Crippen LogP contribution in [-0.4, -0.2) is 17.5 Å². The third-order valence-corrected chi connectivity index (χ3v) is 5.09. The molecule has 1 aromatic rings. The molecule has 1 aromatic heterocycles. The number of rotatable bonds is 3. The SMILES string of the molecule is Brc1ccc(CNC2CCSCC2)s1. The fourth-order valence-corrected chi connectivity index (χ4v) is 4.13. The van der Waals surface area contributed by atoms with E-state index in [2.05, 4.69) is 45.1 Å². The molecule has 4 heteroatoms. The van der Waals surface area contributed by atoms with Gasteiger partial charge in [0.25, 0.3) is 0 Å². The van der Waals surface area contributed by atoms with Crippen molar-refractivity contribution in [3.63, 3.8) is 0 Å². The maximum absolute atomic E-state index is 3.63. The lowest BCUT2D eigenvalue weighted by Gasteiger charge is -2.22. The summed E-state index contributed by atoms with van der Waals surface area (Å²) in [6, 6.07) is 5.06. The van der Waals surface area contributed by atoms with Crippen LogP contribution in [0.2, 0.25) is 0 Å². The molecule has 2 heterocycles. The van der Waals surface area contributed by atoms with Crippen LogP contribution < -0.4 is 5.32 Å². The summed E-state index contributed by atoms with van der Waals surface area (Å²) < 4.78 is 1.23. The normalized spacial score (nSPS) is 18.6. The largest absolute Gasteiger partial charge is 0.309 e. The summed E-state index contributed by atoms with van der Waals surface area (Å²) in [5, 5.41) is 3.63. The van der Waals surface area contributed by atoms with E-state index in [0.29, 0.717) is 0 Å². The van der Waals surface area contributed by atoms with Gasteiger partial charge in [0.1, 0.15) is 0 Å². The summed E-state index contributed by atoms with van der Waals surface area (Å²) in [7, 11) is 0. The molecule has 1 N–H and O–H groups in total. The molecule has 1 aliphatic rings. The van der Waals surface area contributed by atoms with Gasteiger partial charge in [0, 0.05) is 17.5 Å². The molecular weight excluding hydrogens is 278 g/mol. The molecule has 0 atom stereocenters. The highest BCUT2D eigenvalue weighted by molar-refractivity contribution is 9.11. The summed E-state index contributed by atoms with van der Waals surface area (Å²) in [4.78, 5) is 1.43. The Labute approximate surface area is 102 Å². The predicted octanol–water partition coefficient (Wildman–Crippen LogP) is 3.50. The van der Waals surface area contributed by atoms with Crippen molar-refractivity contribution in [3.05, 3.63) is 20.8 Å². The first-order valence-electron chi connectivity index (χ1n) is 4.90. The predicted molar refractivity (Wildman–Crippen MR) is 69.2 cm³/mol. The van der Waals surface area contributed by atoms with E-state index in [1.165, 1.54) is 33.0 Å². The summed E-state index contributed by atoms with van der Waals surface area (Å²) in [6.45, 7) is 1.03. The molecule has 2 rings (SSSR count). The Bertz CT molecular complexity index is 281. The summed E-state index contributed by atoms with van der Waals surface area (Å²) >= 11 is 7.39. The molecule has 78 valence electrons. The van der Waals surface area contributed by atoms with Gasteiger partial charge >= 0.3 is 0 Å². The summed E-state index contributed by atoms with van der Waals surface area (Å²) in [6.07, 6.45) is 2.66. The number of hydrogen-bond donors (Lipinski definition) is 1. The molecule has 0 radical (unpaired) electrons. The van der Waals surface area contributed by atoms with Gasteiger partial charge in [-0.05, 0) is 52.4 Å². The molecule has 0 aromatic carbocycles. The van der Waals surface area contributed by atoms with Gasteiger partial charge in [-0.25, -0.2) is 0 Å². The highest BCUT2D eigenvalue weighted by atomic mass is 79.9. The van der Waals surface area contributed by atoms with Crippen molar-refractivity contribution in [2.75, 3.05) is 11.5 Å². The second kappa shape index (κ2) is 5.54. The maximum atomic E-state index is 3.63. The standard InChI is InChI=1S/C10H14BrNS2/c11-10-2-1-9(14-10)7-12-8-3-5-13-6-4-8/h1-2,8,12H,3-7H2. The van der Waals surface area contributed by atoms with Gasteiger partial charge < -0.3 is 5.32 Å². The Kier molecular flexibility index (Phi) is 4.35. The summed E-state index contributed by atoms with van der Waals surface area (Å²) in [5.41, 5.74) is 0. The summed E-state index contributed by atoms with van der Waals surface area (Å²) in [5.74, 6) is 2.65. The van der Waals surface area contributed by atoms with Crippen molar-refractivity contribution in [1.29, 1.82) is 0 Å². The third kappa shape index (κ3) is 3.26. The zero-order chi connectivity index (χ0) is 9.80. The van der Waals surface area contributed by atoms with E-state index in [0.717, 1.165) is 12.6 Å². The van der Waals surface area contributed by atoms with Crippen molar-refractivity contribution < 1.29 is 0 Å². The van der Waals surface area contributed by atoms with Crippen molar-refractivity contribution >= 4 is 39.0 Å². The van der Waals surface area contributed by atoms with Crippen LogP contribution in [0.3, 0.4) is 0 Å². The molecule has 0 unspecified atom stereocenters. The molecule has 0 amide bonds. The first kappa shape index (κ1) is 11.0. The van der Waals surface area contributed by atoms with Gasteiger partial charge in [-0.2, -0.15) is 11.8 Å². The number of thioether (sulfide) groups is 1. The van der Waals surface area contributed by atoms with E-state index in [9.17, 15) is 0 Å². The van der Waals surface area contributed by atoms with Crippen LogP contribution in [0.25, 0.3) is 0 Å². The highest BCUT2D eigenvalue weighted by Gasteiger charge is 2.12. The molecule has 0 saturated carbocycles. The first-order valence-corrected chi connectivity index (χ1v) is 7.66. The van der Waals surface area contributed by atoms with Crippen LogP contribution >= 0.6 is 39.0 Å². The Morgan fingerprint density at radius 1 is 1.36 bits per heavy atom. The van der Waals surface area contributed by atoms with Gasteiger partial charge in [-0.1, -0.05) is 0 Å². The molecule has 1 nitrogen and oxygen atoms in total. The molecule has 1 fully saturated rings. The average Bonchev–Trinajstić information content (AvgIpc) is 2.63. The van der Waals surface area contributed by atoms with Gasteiger partial charge in [0.05, 0.1) is 3.79 Å². The van der Waals surface area contributed by atoms with Crippen LogP contribution in [0.1, 0.15) is 17.7 Å². The molecule has 0 bridgehead atoms. The quantitative estimate of drug-likeness (QED) is 0.915. The van der Waals surface area contributed by atoms with Crippen molar-refractivity contribution in [2.24, 2.45) is 0 Å². The van der Waals surface area contributed by atoms with Gasteiger partial charge in [-0.15, -0.1) is 11.3 Å². The Balaban J connectivity index is 1.76. The van der Waals surface area contributed by atoms with Crippen LogP contribution in [0, 0.1) is 0 Å². The fraction of sp³-hybridized carbons (Fsp3) is 0.600. The Morgan fingerprint density at radius 3 is 2.79 bits per heavy atom. The fourth-order valence-electron chi connectivity index (χ4n) is 1.59. The van der Waals surface area contributed by atoms with Crippen molar-refractivity contribution in [2.45, 2.75) is 25.4 Å². The van der Waals surface area contributed by atoms with E-state index in [4.69, 9.17) is 0 Å². The lowest BCUT2D eigenvalue weighted by Crippen LogP contribution is -2.31. The van der Waals surface area contributed by atoms with Crippen LogP contribution in [-0.2, 0) is 6.54 Å². The molecule has 1 aliphatic heterocycles. The Hall–Kier alpha value is 0.490. The van der Waals surface area contributed by atoms with Crippen LogP contribution in [0.15, 0.2) is 15.9 Å². The van der Waals surface area contributed by atoms with E-state index < -0.39 is 0 Å². The highest BCUT2D eigenvalue weighted by Crippen LogP contribution is 2.23. The van der Waals surface area contributed by atoms with Gasteiger partial charge in [-0.3, -0.25) is 0 Å². The lowest BCUT2D eigenvalue weighted by molar-refractivity contribution is 0.484. The lowest BCUT2D eigenvalue weighted by atomic mass is 10.1. The maximum Gasteiger partial charge on any atom is 0.0701 e. The number of halogens is 1. The topological polar surface area (TPSA) is 12.0 Å². The molecule has 1 saturated heterocycles. The molecule has 0 aliphatic carbocycles. The first-order chi connectivity index (χ1) is 6.84. The second-order valence-corrected chi connectivity index (χ2v) is 7.25. The smallest absolute Gasteiger partial charge is 0.0701 e. The van der Waals surface area contributed by atoms with E-state index >= 15 is 0 Å². The number of thiophene rings is 1. The minimum Gasteiger partial charge on any atom is -0.309 e. The number of nitrogens with one attached hydrogen (secondary N) is 1. The van der Waals surface area contributed by atoms with E-state index in [1.807, 2.05) is 11.3 Å². The molecular formula is C10H14BrNS2. The zero-order valence-electron chi connectivity index (χ0n) is 7.96. The van der Waals surface area contributed by atoms with Gasteiger partial charge in [0.15, 0.2) is 0 Å². The molecule has 0 spiro atoms. The monoisotopic (exact) mass is 291 g/mol. The third-order valence-electron chi connectivity index (χ3n) is 2.42. The van der Waals surface area contributed by atoms with Crippen LogP contribution in [0.5, 0.6) is 0 Å². The molecule has 14 heavy (non-hydrogen) atoms. The average molecular weight is 292 g/mol. The minimum atomic E-state index is 0.747. The van der Waals surface area contributed by atoms with Gasteiger partial charge in [0.2, 0.25) is 0 Å². The van der Waals surface area contributed by atoms with E-state index in [-0.39, 0.29) is 0 Å². The zero-order valence-corrected chi connectivity index (χ0v) is 11.2. The number of hydrogen-bond acceptors (Lipinski definition) is 3. The second-order valence-electron chi connectivity index (χ2n) is 3.47. The van der Waals surface area contributed by atoms with Crippen molar-refractivity contribution in [1.82, 2.24) is 5.32 Å². The minimum absolute atomic E-state index is 0.747.